The van der Waals surface area contributed by atoms with Crippen LogP contribution in [0.15, 0.2) is 73.2 Å². The maximum absolute atomic E-state index is 14.5. The maximum atomic E-state index is 14.5. The Hall–Kier alpha value is -4.20. The lowest BCUT2D eigenvalue weighted by atomic mass is 10.0. The molecule has 3 N–H and O–H groups in total. The number of pyridine rings is 1. The largest absolute Gasteiger partial charge is 0.453 e. The second-order valence-corrected chi connectivity index (χ2v) is 7.59. The van der Waals surface area contributed by atoms with Crippen LogP contribution in [0.1, 0.15) is 18.1 Å². The average molecular weight is 446 g/mol. The summed E-state index contributed by atoms with van der Waals surface area (Å²) in [5.74, 6) is -0.728. The van der Waals surface area contributed by atoms with Gasteiger partial charge < -0.3 is 20.4 Å². The van der Waals surface area contributed by atoms with Gasteiger partial charge in [-0.1, -0.05) is 24.3 Å². The fourth-order valence-corrected chi connectivity index (χ4v) is 3.56. The number of aromatic amines is 1. The summed E-state index contributed by atoms with van der Waals surface area (Å²) in [4.78, 5) is 31.6. The van der Waals surface area contributed by atoms with E-state index in [1.165, 1.54) is 25.3 Å². The van der Waals surface area contributed by atoms with E-state index in [1.807, 2.05) is 30.5 Å². The van der Waals surface area contributed by atoms with E-state index in [0.29, 0.717) is 17.7 Å². The van der Waals surface area contributed by atoms with Crippen LogP contribution in [0.3, 0.4) is 0 Å². The van der Waals surface area contributed by atoms with E-state index in [-0.39, 0.29) is 24.1 Å². The van der Waals surface area contributed by atoms with Gasteiger partial charge >= 0.3 is 0 Å². The van der Waals surface area contributed by atoms with Gasteiger partial charge in [0.1, 0.15) is 11.8 Å². The number of hydrogen-bond acceptors (Lipinski definition) is 4. The lowest BCUT2D eigenvalue weighted by molar-refractivity contribution is -0.128. The summed E-state index contributed by atoms with van der Waals surface area (Å²) in [5, 5.41) is 6.47. The molecule has 4 aromatic rings. The number of hydrogen-bond donors (Lipinski definition) is 3. The van der Waals surface area contributed by atoms with E-state index >= 15 is 0 Å². The number of para-hydroxylation sites is 1. The Labute approximate surface area is 190 Å². The Morgan fingerprint density at radius 1 is 1.15 bits per heavy atom. The van der Waals surface area contributed by atoms with E-state index in [4.69, 9.17) is 4.74 Å². The molecule has 0 saturated carbocycles. The van der Waals surface area contributed by atoms with Crippen molar-refractivity contribution in [2.24, 2.45) is 0 Å². The van der Waals surface area contributed by atoms with E-state index in [9.17, 15) is 14.0 Å². The molecule has 0 fully saturated rings. The van der Waals surface area contributed by atoms with E-state index in [0.717, 1.165) is 16.5 Å². The molecule has 1 atom stereocenters. The predicted molar refractivity (Wildman–Crippen MR) is 122 cm³/mol. The molecule has 2 aromatic carbocycles. The zero-order valence-corrected chi connectivity index (χ0v) is 18.0. The summed E-state index contributed by atoms with van der Waals surface area (Å²) < 4.78 is 20.0. The first-order valence-corrected chi connectivity index (χ1v) is 10.5. The van der Waals surface area contributed by atoms with Gasteiger partial charge in [0.15, 0.2) is 11.6 Å². The van der Waals surface area contributed by atoms with Crippen LogP contribution in [0.2, 0.25) is 0 Å². The fraction of sp³-hybridized carbons (Fsp3) is 0.160. The molecule has 2 amide bonds. The van der Waals surface area contributed by atoms with Crippen molar-refractivity contribution >= 4 is 22.7 Å². The molecule has 7 nitrogen and oxygen atoms in total. The van der Waals surface area contributed by atoms with E-state index < -0.39 is 11.9 Å². The number of nitrogens with zero attached hydrogens (tertiary/aromatic N) is 1. The van der Waals surface area contributed by atoms with Crippen molar-refractivity contribution in [1.29, 1.82) is 0 Å². The summed E-state index contributed by atoms with van der Waals surface area (Å²) in [6.07, 6.45) is 5.25. The average Bonchev–Trinajstić information content (AvgIpc) is 3.22. The monoisotopic (exact) mass is 446 g/mol. The third kappa shape index (κ3) is 5.54. The topological polar surface area (TPSA) is 96.1 Å². The molecule has 0 aliphatic carbocycles. The summed E-state index contributed by atoms with van der Waals surface area (Å²) in [5.41, 5.74) is 2.44. The molecule has 0 aliphatic rings. The van der Waals surface area contributed by atoms with Gasteiger partial charge in [-0.3, -0.25) is 14.6 Å². The van der Waals surface area contributed by atoms with Crippen molar-refractivity contribution in [3.63, 3.8) is 0 Å². The lowest BCUT2D eigenvalue weighted by Crippen LogP contribution is -2.47. The zero-order valence-electron chi connectivity index (χ0n) is 18.0. The number of halogens is 1. The number of benzene rings is 2. The zero-order chi connectivity index (χ0) is 23.2. The van der Waals surface area contributed by atoms with Crippen molar-refractivity contribution in [2.45, 2.75) is 25.9 Å². The number of carbonyl (C=O) groups excluding carboxylic acids is 2. The fourth-order valence-electron chi connectivity index (χ4n) is 3.56. The van der Waals surface area contributed by atoms with Crippen LogP contribution in [0.4, 0.5) is 4.39 Å². The van der Waals surface area contributed by atoms with Crippen LogP contribution in [-0.2, 0) is 22.6 Å². The van der Waals surface area contributed by atoms with Crippen molar-refractivity contribution in [1.82, 2.24) is 20.6 Å². The first-order chi connectivity index (χ1) is 16.0. The van der Waals surface area contributed by atoms with Gasteiger partial charge in [0, 0.05) is 43.2 Å². The second-order valence-electron chi connectivity index (χ2n) is 7.59. The number of H-pyrrole nitrogens is 1. The molecule has 4 rings (SSSR count). The lowest BCUT2D eigenvalue weighted by Gasteiger charge is -2.18. The van der Waals surface area contributed by atoms with Crippen LogP contribution in [0, 0.1) is 5.82 Å². The van der Waals surface area contributed by atoms with Crippen molar-refractivity contribution in [3.05, 3.63) is 90.1 Å². The molecule has 0 spiro atoms. The number of carbonyl (C=O) groups is 2. The summed E-state index contributed by atoms with van der Waals surface area (Å²) in [7, 11) is 0. The van der Waals surface area contributed by atoms with Gasteiger partial charge in [-0.25, -0.2) is 4.39 Å². The summed E-state index contributed by atoms with van der Waals surface area (Å²) in [6, 6.07) is 14.8. The third-order valence-corrected chi connectivity index (χ3v) is 5.12. The van der Waals surface area contributed by atoms with E-state index in [1.54, 1.807) is 24.4 Å². The van der Waals surface area contributed by atoms with Crippen LogP contribution in [0.5, 0.6) is 11.5 Å². The summed E-state index contributed by atoms with van der Waals surface area (Å²) >= 11 is 0. The Balaban J connectivity index is 1.41. The number of aromatic nitrogens is 2. The van der Waals surface area contributed by atoms with Crippen LogP contribution >= 0.6 is 0 Å². The molecular weight excluding hydrogens is 423 g/mol. The smallest absolute Gasteiger partial charge is 0.243 e. The highest BCUT2D eigenvalue weighted by atomic mass is 19.1. The molecule has 0 saturated heterocycles. The molecule has 0 aliphatic heterocycles. The number of nitrogens with one attached hydrogen (secondary N) is 3. The summed E-state index contributed by atoms with van der Waals surface area (Å²) in [6.45, 7) is 1.47. The van der Waals surface area contributed by atoms with Crippen molar-refractivity contribution in [2.75, 3.05) is 0 Å². The van der Waals surface area contributed by atoms with Crippen LogP contribution in [0.25, 0.3) is 10.9 Å². The highest BCUT2D eigenvalue weighted by molar-refractivity contribution is 5.89. The second kappa shape index (κ2) is 9.95. The number of ether oxygens (including phenoxy) is 1. The van der Waals surface area contributed by atoms with Crippen molar-refractivity contribution in [3.8, 4) is 11.5 Å². The molecule has 8 heteroatoms. The molecular formula is C25H23FN4O3. The Kier molecular flexibility index (Phi) is 6.64. The first kappa shape index (κ1) is 22.0. The normalized spacial score (nSPS) is 11.7. The van der Waals surface area contributed by atoms with Crippen molar-refractivity contribution < 1.29 is 18.7 Å². The van der Waals surface area contributed by atoms with Crippen LogP contribution < -0.4 is 15.4 Å². The Morgan fingerprint density at radius 2 is 2.00 bits per heavy atom. The van der Waals surface area contributed by atoms with Gasteiger partial charge in [0.2, 0.25) is 11.8 Å². The predicted octanol–water partition coefficient (Wildman–Crippen LogP) is 3.86. The van der Waals surface area contributed by atoms with Gasteiger partial charge in [0.25, 0.3) is 0 Å². The molecule has 0 radical (unpaired) electrons. The Bertz CT molecular complexity index is 1270. The third-order valence-electron chi connectivity index (χ3n) is 5.12. The quantitative estimate of drug-likeness (QED) is 0.383. The SMILES string of the molecule is CC(=O)NC(Cc1c[nH]c2ccccc12)C(=O)NCc1ccc(Oc2cccnc2)c(F)c1. The standard InChI is InChI=1S/C25H23FN4O3/c1-16(31)30-23(12-18-14-28-22-7-3-2-6-20(18)22)25(32)29-13-17-8-9-24(21(26)11-17)33-19-5-4-10-27-15-19/h2-11,14-15,23,28H,12-13H2,1H3,(H,29,32)(H,30,31). The van der Waals surface area contributed by atoms with Gasteiger partial charge in [-0.2, -0.15) is 0 Å². The van der Waals surface area contributed by atoms with Crippen LogP contribution in [-0.4, -0.2) is 27.8 Å². The molecule has 0 bridgehead atoms. The van der Waals surface area contributed by atoms with E-state index in [2.05, 4.69) is 20.6 Å². The number of rotatable bonds is 8. The van der Waals surface area contributed by atoms with Gasteiger partial charge in [-0.05, 0) is 41.5 Å². The minimum atomic E-state index is -0.764. The number of fused-ring (bicyclic) bond motifs is 1. The maximum Gasteiger partial charge on any atom is 0.243 e. The molecule has 2 aromatic heterocycles. The Morgan fingerprint density at radius 3 is 2.76 bits per heavy atom. The molecule has 33 heavy (non-hydrogen) atoms. The highest BCUT2D eigenvalue weighted by Gasteiger charge is 2.21. The molecule has 2 heterocycles. The number of amides is 2. The molecule has 1 unspecified atom stereocenters. The molecule has 168 valence electrons. The van der Waals surface area contributed by atoms with Gasteiger partial charge in [-0.15, -0.1) is 0 Å². The first-order valence-electron chi connectivity index (χ1n) is 10.5. The highest BCUT2D eigenvalue weighted by Crippen LogP contribution is 2.24. The van der Waals surface area contributed by atoms with Gasteiger partial charge in [0.05, 0.1) is 6.20 Å². The minimum absolute atomic E-state index is 0.0635. The minimum Gasteiger partial charge on any atom is -0.453 e.